The van der Waals surface area contributed by atoms with Gasteiger partial charge in [-0.2, -0.15) is 5.10 Å². The van der Waals surface area contributed by atoms with Crippen LogP contribution in [-0.4, -0.2) is 41.9 Å². The number of aromatic nitrogens is 7. The molecule has 160 valence electrons. The van der Waals surface area contributed by atoms with Crippen LogP contribution in [0, 0.1) is 5.82 Å². The highest BCUT2D eigenvalue weighted by atomic mass is 19.1. The molecule has 3 heterocycles. The highest BCUT2D eigenvalue weighted by Gasteiger charge is 2.28. The second-order valence-electron chi connectivity index (χ2n) is 7.93. The van der Waals surface area contributed by atoms with E-state index in [4.69, 9.17) is 4.74 Å². The number of hydrogen-bond acceptors (Lipinski definition) is 6. The molecule has 32 heavy (non-hydrogen) atoms. The van der Waals surface area contributed by atoms with Crippen molar-refractivity contribution in [1.82, 2.24) is 34.7 Å². The lowest BCUT2D eigenvalue weighted by atomic mass is 9.98. The summed E-state index contributed by atoms with van der Waals surface area (Å²) in [6.45, 7) is 2.76. The number of rotatable bonds is 5. The lowest BCUT2D eigenvalue weighted by Gasteiger charge is -2.12. The van der Waals surface area contributed by atoms with Gasteiger partial charge >= 0.3 is 0 Å². The molecular formula is C23H20FN7O. The molecule has 1 saturated carbocycles. The van der Waals surface area contributed by atoms with Crippen molar-refractivity contribution >= 4 is 22.2 Å². The van der Waals surface area contributed by atoms with E-state index in [9.17, 15) is 0 Å². The van der Waals surface area contributed by atoms with Crippen molar-refractivity contribution in [3.05, 3.63) is 48.7 Å². The zero-order valence-electron chi connectivity index (χ0n) is 17.7. The third-order valence-electron chi connectivity index (χ3n) is 6.01. The Bertz CT molecular complexity index is 1490. The first-order valence-corrected chi connectivity index (χ1v) is 10.6. The number of nitrogens with zero attached hydrogens (tertiary/aromatic N) is 7. The summed E-state index contributed by atoms with van der Waals surface area (Å²) in [6.07, 6.45) is 5.60. The van der Waals surface area contributed by atoms with Gasteiger partial charge in [-0.15, -0.1) is 10.2 Å². The molecule has 0 saturated heterocycles. The normalized spacial score (nSPS) is 13.8. The maximum atomic E-state index is 15.1. The maximum Gasteiger partial charge on any atom is 0.183 e. The van der Waals surface area contributed by atoms with Gasteiger partial charge < -0.3 is 9.30 Å². The molecular weight excluding hydrogens is 409 g/mol. The van der Waals surface area contributed by atoms with E-state index in [1.807, 2.05) is 28.3 Å². The van der Waals surface area contributed by atoms with Gasteiger partial charge in [0.2, 0.25) is 0 Å². The van der Waals surface area contributed by atoms with Crippen molar-refractivity contribution < 1.29 is 9.13 Å². The third kappa shape index (κ3) is 2.77. The summed E-state index contributed by atoms with van der Waals surface area (Å²) < 4.78 is 24.6. The molecule has 0 spiro atoms. The Morgan fingerprint density at radius 1 is 1.06 bits per heavy atom. The Morgan fingerprint density at radius 2 is 1.94 bits per heavy atom. The first-order valence-electron chi connectivity index (χ1n) is 10.6. The molecule has 6 rings (SSSR count). The molecule has 1 aliphatic rings. The summed E-state index contributed by atoms with van der Waals surface area (Å²) in [5.41, 5.74) is 5.60. The van der Waals surface area contributed by atoms with E-state index in [-0.39, 0.29) is 5.82 Å². The number of methoxy groups -OCH3 is 1. The first-order chi connectivity index (χ1) is 15.7. The van der Waals surface area contributed by atoms with E-state index in [1.54, 1.807) is 31.8 Å². The molecule has 0 atom stereocenters. The van der Waals surface area contributed by atoms with Crippen LogP contribution in [0.25, 0.3) is 44.5 Å². The van der Waals surface area contributed by atoms with Gasteiger partial charge in [-0.3, -0.25) is 0 Å². The number of aryl methyl sites for hydroxylation is 1. The van der Waals surface area contributed by atoms with Crippen LogP contribution in [0.15, 0.2) is 42.9 Å². The minimum atomic E-state index is -0.349. The third-order valence-corrected chi connectivity index (χ3v) is 6.01. The number of imidazole rings is 1. The maximum absolute atomic E-state index is 15.1. The zero-order chi connectivity index (χ0) is 21.8. The van der Waals surface area contributed by atoms with Crippen molar-refractivity contribution in [3.63, 3.8) is 0 Å². The Labute approximate surface area is 182 Å². The standard InChI is InChI=1S/C23H20FN7O/c1-3-30-12-25-20-17(11-26-28-23(20)30)13-4-8-18(24)16(10-13)15-7-9-19-21(22(15)32-2)27-29-31(19)14-5-6-14/h4,7-12,14H,3,5-6H2,1-2H3. The van der Waals surface area contributed by atoms with E-state index in [2.05, 4.69) is 25.5 Å². The van der Waals surface area contributed by atoms with Gasteiger partial charge in [0.1, 0.15) is 11.3 Å². The van der Waals surface area contributed by atoms with E-state index in [1.165, 1.54) is 6.07 Å². The Kier molecular flexibility index (Phi) is 4.17. The predicted octanol–water partition coefficient (Wildman–Crippen LogP) is 4.41. The number of halogens is 1. The monoisotopic (exact) mass is 429 g/mol. The number of hydrogen-bond donors (Lipinski definition) is 0. The number of benzene rings is 2. The summed E-state index contributed by atoms with van der Waals surface area (Å²) in [5.74, 6) is 0.164. The minimum absolute atomic E-state index is 0.349. The zero-order valence-corrected chi connectivity index (χ0v) is 17.7. The second kappa shape index (κ2) is 7.08. The van der Waals surface area contributed by atoms with Gasteiger partial charge in [-0.05, 0) is 49.6 Å². The van der Waals surface area contributed by atoms with Crippen LogP contribution in [0.2, 0.25) is 0 Å². The van der Waals surface area contributed by atoms with Crippen molar-refractivity contribution in [3.8, 4) is 28.0 Å². The molecule has 0 radical (unpaired) electrons. The highest BCUT2D eigenvalue weighted by Crippen LogP contribution is 2.42. The van der Waals surface area contributed by atoms with Crippen LogP contribution in [0.5, 0.6) is 5.75 Å². The summed E-state index contributed by atoms with van der Waals surface area (Å²) in [5, 5.41) is 17.0. The molecule has 0 unspecified atom stereocenters. The van der Waals surface area contributed by atoms with Crippen LogP contribution < -0.4 is 4.74 Å². The fourth-order valence-corrected chi connectivity index (χ4v) is 4.21. The lowest BCUT2D eigenvalue weighted by molar-refractivity contribution is 0.420. The fourth-order valence-electron chi connectivity index (χ4n) is 4.21. The van der Waals surface area contributed by atoms with Gasteiger partial charge in [-0.1, -0.05) is 11.3 Å². The van der Waals surface area contributed by atoms with Crippen LogP contribution in [-0.2, 0) is 6.54 Å². The molecule has 0 amide bonds. The average Bonchev–Trinajstić information content (AvgIpc) is 3.43. The van der Waals surface area contributed by atoms with Crippen molar-refractivity contribution in [2.45, 2.75) is 32.4 Å². The molecule has 0 bridgehead atoms. The SMILES string of the molecule is CCn1cnc2c(-c3ccc(F)c(-c4ccc5c(nnn5C5CC5)c4OC)c3)cnnc21. The van der Waals surface area contributed by atoms with E-state index < -0.39 is 0 Å². The van der Waals surface area contributed by atoms with Gasteiger partial charge in [0.05, 0.1) is 31.2 Å². The molecule has 2 aromatic carbocycles. The molecule has 0 N–H and O–H groups in total. The number of ether oxygens (including phenoxy) is 1. The topological polar surface area (TPSA) is 83.5 Å². The van der Waals surface area contributed by atoms with E-state index in [0.29, 0.717) is 34.1 Å². The van der Waals surface area contributed by atoms with Crippen LogP contribution in [0.3, 0.4) is 0 Å². The first kappa shape index (κ1) is 18.9. The Balaban J connectivity index is 1.53. The highest BCUT2D eigenvalue weighted by molar-refractivity contribution is 5.93. The van der Waals surface area contributed by atoms with Gasteiger partial charge in [-0.25, -0.2) is 14.1 Å². The van der Waals surface area contributed by atoms with Crippen LogP contribution in [0.4, 0.5) is 4.39 Å². The van der Waals surface area contributed by atoms with Gasteiger partial charge in [0, 0.05) is 23.2 Å². The Hall–Kier alpha value is -3.88. The Morgan fingerprint density at radius 3 is 2.72 bits per heavy atom. The number of fused-ring (bicyclic) bond motifs is 2. The van der Waals surface area contributed by atoms with Crippen molar-refractivity contribution in [2.24, 2.45) is 0 Å². The van der Waals surface area contributed by atoms with Gasteiger partial charge in [0.25, 0.3) is 0 Å². The fraction of sp³-hybridized carbons (Fsp3) is 0.261. The van der Waals surface area contributed by atoms with Gasteiger partial charge in [0.15, 0.2) is 16.9 Å². The van der Waals surface area contributed by atoms with Crippen molar-refractivity contribution in [1.29, 1.82) is 0 Å². The summed E-state index contributed by atoms with van der Waals surface area (Å²) in [7, 11) is 1.57. The molecule has 9 heteroatoms. The summed E-state index contributed by atoms with van der Waals surface area (Å²) in [4.78, 5) is 4.51. The largest absolute Gasteiger partial charge is 0.494 e. The van der Waals surface area contributed by atoms with Crippen LogP contribution in [0.1, 0.15) is 25.8 Å². The predicted molar refractivity (Wildman–Crippen MR) is 118 cm³/mol. The summed E-state index contributed by atoms with van der Waals surface area (Å²) in [6, 6.07) is 9.18. The molecule has 0 aliphatic heterocycles. The van der Waals surface area contributed by atoms with Crippen LogP contribution >= 0.6 is 0 Å². The summed E-state index contributed by atoms with van der Waals surface area (Å²) >= 11 is 0. The quantitative estimate of drug-likeness (QED) is 0.412. The average molecular weight is 429 g/mol. The molecule has 1 fully saturated rings. The van der Waals surface area contributed by atoms with E-state index >= 15 is 4.39 Å². The minimum Gasteiger partial charge on any atom is -0.494 e. The molecule has 5 aromatic rings. The van der Waals surface area contributed by atoms with E-state index in [0.717, 1.165) is 41.5 Å². The lowest BCUT2D eigenvalue weighted by Crippen LogP contribution is -1.97. The molecule has 1 aliphatic carbocycles. The van der Waals surface area contributed by atoms with Crippen molar-refractivity contribution in [2.75, 3.05) is 7.11 Å². The molecule has 3 aromatic heterocycles. The second-order valence-corrected chi connectivity index (χ2v) is 7.93. The molecule has 8 nitrogen and oxygen atoms in total. The smallest absolute Gasteiger partial charge is 0.183 e.